The fraction of sp³-hybridized carbons (Fsp3) is 0.421. The molecule has 2 rings (SSSR count). The monoisotopic (exact) mass is 408 g/mol. The maximum Gasteiger partial charge on any atom is 0.337 e. The van der Waals surface area contributed by atoms with Crippen LogP contribution in [0.25, 0.3) is 0 Å². The molecule has 0 radical (unpaired) electrons. The Hall–Kier alpha value is -2.58. The van der Waals surface area contributed by atoms with E-state index in [4.69, 9.17) is 16.3 Å². The third-order valence-electron chi connectivity index (χ3n) is 4.25. The van der Waals surface area contributed by atoms with Crippen molar-refractivity contribution in [2.45, 2.75) is 20.8 Å². The molecule has 8 nitrogen and oxygen atoms in total. The third kappa shape index (κ3) is 5.97. The van der Waals surface area contributed by atoms with E-state index in [-0.39, 0.29) is 32.1 Å². The largest absolute Gasteiger partial charge is 0.463 e. The number of amides is 3. The molecular formula is C19H25ClN4O4. The highest BCUT2D eigenvalue weighted by Crippen LogP contribution is 2.20. The van der Waals surface area contributed by atoms with E-state index in [1.165, 1.54) is 0 Å². The molecule has 1 aromatic rings. The summed E-state index contributed by atoms with van der Waals surface area (Å²) in [4.78, 5) is 38.1. The molecule has 1 aliphatic heterocycles. The Labute approximate surface area is 169 Å². The molecule has 152 valence electrons. The van der Waals surface area contributed by atoms with Crippen LogP contribution in [0.15, 0.2) is 29.5 Å². The van der Waals surface area contributed by atoms with Gasteiger partial charge in [0.05, 0.1) is 25.3 Å². The normalized spacial score (nSPS) is 13.8. The topological polar surface area (TPSA) is 99.8 Å². The summed E-state index contributed by atoms with van der Waals surface area (Å²) < 4.78 is 5.05. The molecule has 0 unspecified atom stereocenters. The lowest BCUT2D eigenvalue weighted by Gasteiger charge is -2.26. The van der Waals surface area contributed by atoms with Gasteiger partial charge in [0.15, 0.2) is 0 Å². The molecule has 0 bridgehead atoms. The molecule has 1 aliphatic rings. The minimum atomic E-state index is -0.486. The van der Waals surface area contributed by atoms with Crippen LogP contribution in [0.4, 0.5) is 10.5 Å². The number of aryl methyl sites for hydroxylation is 1. The van der Waals surface area contributed by atoms with Gasteiger partial charge in [-0.2, -0.15) is 0 Å². The molecule has 3 amide bonds. The highest BCUT2D eigenvalue weighted by Gasteiger charge is 2.25. The second-order valence-electron chi connectivity index (χ2n) is 6.30. The summed E-state index contributed by atoms with van der Waals surface area (Å²) in [5, 5.41) is 8.59. The maximum absolute atomic E-state index is 12.5. The van der Waals surface area contributed by atoms with Gasteiger partial charge in [0.1, 0.15) is 0 Å². The van der Waals surface area contributed by atoms with Crippen LogP contribution >= 0.6 is 11.6 Å². The van der Waals surface area contributed by atoms with Crippen LogP contribution in [0.5, 0.6) is 0 Å². The number of esters is 1. The molecule has 0 spiro atoms. The highest BCUT2D eigenvalue weighted by atomic mass is 35.5. The van der Waals surface area contributed by atoms with E-state index < -0.39 is 12.0 Å². The number of rotatable bonds is 8. The molecule has 0 saturated carbocycles. The molecular weight excluding hydrogens is 384 g/mol. The van der Waals surface area contributed by atoms with E-state index in [0.29, 0.717) is 28.5 Å². The zero-order valence-electron chi connectivity index (χ0n) is 16.2. The second kappa shape index (κ2) is 10.1. The average molecular weight is 409 g/mol. The van der Waals surface area contributed by atoms with Crippen LogP contribution in [0.3, 0.4) is 0 Å². The number of hydrogen-bond acceptors (Lipinski definition) is 5. The van der Waals surface area contributed by atoms with Gasteiger partial charge in [0.2, 0.25) is 5.91 Å². The van der Waals surface area contributed by atoms with Gasteiger partial charge in [0.25, 0.3) is 0 Å². The van der Waals surface area contributed by atoms with E-state index in [0.717, 1.165) is 5.56 Å². The molecule has 0 atom stereocenters. The first-order valence-electron chi connectivity index (χ1n) is 9.06. The number of carbonyl (C=O) groups is 3. The lowest BCUT2D eigenvalue weighted by atomic mass is 10.1. The van der Waals surface area contributed by atoms with Crippen LogP contribution in [0, 0.1) is 6.92 Å². The van der Waals surface area contributed by atoms with Crippen molar-refractivity contribution >= 4 is 35.2 Å². The van der Waals surface area contributed by atoms with Crippen molar-refractivity contribution in [2.75, 3.05) is 38.1 Å². The molecule has 28 heavy (non-hydrogen) atoms. The smallest absolute Gasteiger partial charge is 0.337 e. The van der Waals surface area contributed by atoms with Crippen LogP contribution < -0.4 is 16.0 Å². The van der Waals surface area contributed by atoms with Gasteiger partial charge in [-0.05, 0) is 38.1 Å². The zero-order valence-corrected chi connectivity index (χ0v) is 17.0. The Balaban J connectivity index is 2.08. The Morgan fingerprint density at radius 2 is 2.07 bits per heavy atom. The first-order chi connectivity index (χ1) is 13.3. The summed E-state index contributed by atoms with van der Waals surface area (Å²) in [5.74, 6) is -0.703. The molecule has 0 saturated heterocycles. The van der Waals surface area contributed by atoms with E-state index in [2.05, 4.69) is 16.0 Å². The summed E-state index contributed by atoms with van der Waals surface area (Å²) in [7, 11) is 0. The van der Waals surface area contributed by atoms with Gasteiger partial charge in [-0.3, -0.25) is 9.69 Å². The SMILES string of the molecule is CCOC(=O)C1=C(CN(CC)CC(=O)Nc2cc(Cl)ccc2C)NC(=O)NC1. The van der Waals surface area contributed by atoms with Gasteiger partial charge in [0, 0.05) is 23.0 Å². The van der Waals surface area contributed by atoms with Gasteiger partial charge in [-0.15, -0.1) is 0 Å². The molecule has 1 heterocycles. The van der Waals surface area contributed by atoms with Gasteiger partial charge >= 0.3 is 12.0 Å². The number of likely N-dealkylation sites (N-methyl/N-ethyl adjacent to an activating group) is 1. The summed E-state index contributed by atoms with van der Waals surface area (Å²) in [6, 6.07) is 4.89. The number of carbonyl (C=O) groups excluding carboxylic acids is 3. The maximum atomic E-state index is 12.5. The average Bonchev–Trinajstić information content (AvgIpc) is 2.64. The molecule has 0 aliphatic carbocycles. The zero-order chi connectivity index (χ0) is 20.7. The highest BCUT2D eigenvalue weighted by molar-refractivity contribution is 6.31. The van der Waals surface area contributed by atoms with Crippen LogP contribution in [-0.4, -0.2) is 55.6 Å². The van der Waals surface area contributed by atoms with Gasteiger partial charge in [-0.25, -0.2) is 9.59 Å². The fourth-order valence-corrected chi connectivity index (χ4v) is 2.88. The number of nitrogens with one attached hydrogen (secondary N) is 3. The van der Waals surface area contributed by atoms with Crippen molar-refractivity contribution in [2.24, 2.45) is 0 Å². The van der Waals surface area contributed by atoms with Crippen LogP contribution in [0.2, 0.25) is 5.02 Å². The quantitative estimate of drug-likeness (QED) is 0.571. The summed E-state index contributed by atoms with van der Waals surface area (Å²) in [6.07, 6.45) is 0. The number of halogens is 1. The predicted molar refractivity (Wildman–Crippen MR) is 107 cm³/mol. The predicted octanol–water partition coefficient (Wildman–Crippen LogP) is 2.04. The Kier molecular flexibility index (Phi) is 7.83. The molecule has 3 N–H and O–H groups in total. The molecule has 1 aromatic carbocycles. The standard InChI is InChI=1S/C19H25ClN4O4/c1-4-24(11-17(25)22-15-8-13(20)7-6-12(15)3)10-16-14(18(26)28-5-2)9-21-19(27)23-16/h6-8H,4-5,9-11H2,1-3H3,(H,22,25)(H2,21,23,27). The molecule has 0 aromatic heterocycles. The van der Waals surface area contributed by atoms with Crippen molar-refractivity contribution in [1.82, 2.24) is 15.5 Å². The number of ether oxygens (including phenoxy) is 1. The Morgan fingerprint density at radius 3 is 2.75 bits per heavy atom. The lowest BCUT2D eigenvalue weighted by Crippen LogP contribution is -2.47. The molecule has 0 fully saturated rings. The van der Waals surface area contributed by atoms with Crippen molar-refractivity contribution in [1.29, 1.82) is 0 Å². The van der Waals surface area contributed by atoms with Crippen LogP contribution in [0.1, 0.15) is 19.4 Å². The number of benzene rings is 1. The van der Waals surface area contributed by atoms with Crippen molar-refractivity contribution in [3.63, 3.8) is 0 Å². The molecule has 9 heteroatoms. The lowest BCUT2D eigenvalue weighted by molar-refractivity contribution is -0.138. The minimum absolute atomic E-state index is 0.0886. The van der Waals surface area contributed by atoms with E-state index in [1.807, 2.05) is 24.8 Å². The number of anilines is 1. The van der Waals surface area contributed by atoms with E-state index >= 15 is 0 Å². The third-order valence-corrected chi connectivity index (χ3v) is 4.48. The van der Waals surface area contributed by atoms with Crippen molar-refractivity contribution < 1.29 is 19.1 Å². The first kappa shape index (κ1) is 21.7. The second-order valence-corrected chi connectivity index (χ2v) is 6.73. The van der Waals surface area contributed by atoms with E-state index in [1.54, 1.807) is 19.1 Å². The summed E-state index contributed by atoms with van der Waals surface area (Å²) >= 11 is 5.99. The summed E-state index contributed by atoms with van der Waals surface area (Å²) in [6.45, 7) is 6.69. The fourth-order valence-electron chi connectivity index (χ4n) is 2.71. The Morgan fingerprint density at radius 1 is 1.32 bits per heavy atom. The first-order valence-corrected chi connectivity index (χ1v) is 9.44. The number of nitrogens with zero attached hydrogens (tertiary/aromatic N) is 1. The number of urea groups is 1. The Bertz CT molecular complexity index is 794. The van der Waals surface area contributed by atoms with Crippen LogP contribution in [-0.2, 0) is 14.3 Å². The number of hydrogen-bond donors (Lipinski definition) is 3. The summed E-state index contributed by atoms with van der Waals surface area (Å²) in [5.41, 5.74) is 2.34. The van der Waals surface area contributed by atoms with Crippen molar-refractivity contribution in [3.8, 4) is 0 Å². The van der Waals surface area contributed by atoms with E-state index in [9.17, 15) is 14.4 Å². The van der Waals surface area contributed by atoms with Crippen molar-refractivity contribution in [3.05, 3.63) is 40.1 Å². The van der Waals surface area contributed by atoms with Gasteiger partial charge in [-0.1, -0.05) is 24.6 Å². The van der Waals surface area contributed by atoms with Gasteiger partial charge < -0.3 is 20.7 Å². The minimum Gasteiger partial charge on any atom is -0.463 e.